The third kappa shape index (κ3) is 3.19. The molecule has 0 aliphatic rings. The van der Waals surface area contributed by atoms with Crippen LogP contribution in [0.4, 0.5) is 0 Å². The summed E-state index contributed by atoms with van der Waals surface area (Å²) < 4.78 is 5.08. The number of aliphatic hydroxyl groups excluding tert-OH is 1. The third-order valence-corrected chi connectivity index (χ3v) is 3.14. The second kappa shape index (κ2) is 5.81. The number of furan rings is 1. The Balaban J connectivity index is 1.79. The fourth-order valence-electron chi connectivity index (χ4n) is 1.50. The van der Waals surface area contributed by atoms with Gasteiger partial charge in [-0.1, -0.05) is 0 Å². The Morgan fingerprint density at radius 3 is 2.89 bits per heavy atom. The molecule has 0 aliphatic heterocycles. The first-order chi connectivity index (χ1) is 8.66. The van der Waals surface area contributed by atoms with Gasteiger partial charge >= 0.3 is 5.97 Å². The van der Waals surface area contributed by atoms with E-state index in [2.05, 4.69) is 5.32 Å². The van der Waals surface area contributed by atoms with Gasteiger partial charge in [0.25, 0.3) is 0 Å². The van der Waals surface area contributed by atoms with Gasteiger partial charge in [-0.05, 0) is 34.5 Å². The van der Waals surface area contributed by atoms with Gasteiger partial charge in [0.1, 0.15) is 5.76 Å². The summed E-state index contributed by atoms with van der Waals surface area (Å²) >= 11 is 1.53. The second-order valence-corrected chi connectivity index (χ2v) is 4.55. The number of aliphatic hydroxyl groups is 1. The van der Waals surface area contributed by atoms with Crippen LogP contribution in [-0.2, 0) is 6.54 Å². The minimum Gasteiger partial charge on any atom is -0.475 e. The van der Waals surface area contributed by atoms with Crippen LogP contribution in [0.2, 0.25) is 0 Å². The number of nitrogens with one attached hydrogen (secondary N) is 1. The summed E-state index contributed by atoms with van der Waals surface area (Å²) in [6.07, 6.45) is -0.565. The number of carboxylic acid groups (broad SMARTS) is 1. The highest BCUT2D eigenvalue weighted by Crippen LogP contribution is 2.15. The van der Waals surface area contributed by atoms with Gasteiger partial charge in [-0.25, -0.2) is 4.79 Å². The first-order valence-corrected chi connectivity index (χ1v) is 6.34. The Morgan fingerprint density at radius 2 is 2.28 bits per heavy atom. The van der Waals surface area contributed by atoms with Crippen molar-refractivity contribution < 1.29 is 19.4 Å². The largest absolute Gasteiger partial charge is 0.475 e. The molecule has 0 aromatic carbocycles. The van der Waals surface area contributed by atoms with Crippen LogP contribution < -0.4 is 5.32 Å². The zero-order chi connectivity index (χ0) is 13.0. The molecule has 5 nitrogen and oxygen atoms in total. The van der Waals surface area contributed by atoms with E-state index in [0.29, 0.717) is 18.8 Å². The lowest BCUT2D eigenvalue weighted by atomic mass is 10.2. The van der Waals surface area contributed by atoms with Crippen LogP contribution in [0.5, 0.6) is 0 Å². The van der Waals surface area contributed by atoms with Crippen LogP contribution in [0.15, 0.2) is 33.4 Å². The summed E-state index contributed by atoms with van der Waals surface area (Å²) in [4.78, 5) is 10.6. The highest BCUT2D eigenvalue weighted by atomic mass is 32.1. The molecule has 0 bridgehead atoms. The van der Waals surface area contributed by atoms with Crippen molar-refractivity contribution in [3.63, 3.8) is 0 Å². The third-order valence-electron chi connectivity index (χ3n) is 2.44. The lowest BCUT2D eigenvalue weighted by Crippen LogP contribution is -2.20. The molecular formula is C12H13NO4S. The monoisotopic (exact) mass is 267 g/mol. The molecule has 0 saturated heterocycles. The predicted molar refractivity (Wildman–Crippen MR) is 66.7 cm³/mol. The number of thiophene rings is 1. The number of carboxylic acids is 1. The average Bonchev–Trinajstić information content (AvgIpc) is 3.00. The number of hydrogen-bond donors (Lipinski definition) is 3. The van der Waals surface area contributed by atoms with Crippen molar-refractivity contribution in [1.29, 1.82) is 0 Å². The fourth-order valence-corrected chi connectivity index (χ4v) is 2.21. The Kier molecular flexibility index (Phi) is 4.14. The molecule has 0 spiro atoms. The van der Waals surface area contributed by atoms with Gasteiger partial charge in [-0.3, -0.25) is 0 Å². The maximum atomic E-state index is 10.6. The second-order valence-electron chi connectivity index (χ2n) is 3.77. The molecule has 0 saturated carbocycles. The summed E-state index contributed by atoms with van der Waals surface area (Å²) in [6, 6.07) is 4.88. The zero-order valence-corrected chi connectivity index (χ0v) is 10.3. The van der Waals surface area contributed by atoms with Crippen molar-refractivity contribution in [2.45, 2.75) is 12.6 Å². The molecule has 18 heavy (non-hydrogen) atoms. The van der Waals surface area contributed by atoms with Crippen LogP contribution in [0.3, 0.4) is 0 Å². The van der Waals surface area contributed by atoms with Crippen molar-refractivity contribution >= 4 is 17.3 Å². The molecule has 0 radical (unpaired) electrons. The van der Waals surface area contributed by atoms with Gasteiger partial charge in [-0.2, -0.15) is 11.3 Å². The fraction of sp³-hybridized carbons (Fsp3) is 0.250. The molecule has 0 fully saturated rings. The van der Waals surface area contributed by atoms with Crippen LogP contribution in [0.25, 0.3) is 0 Å². The number of rotatable bonds is 6. The highest BCUT2D eigenvalue weighted by molar-refractivity contribution is 7.07. The minimum atomic E-state index is -1.08. The SMILES string of the molecule is O=C(O)c1ccc(CNCC(O)c2ccsc2)o1. The summed E-state index contributed by atoms with van der Waals surface area (Å²) in [5.74, 6) is -0.630. The van der Waals surface area contributed by atoms with Crippen LogP contribution in [0, 0.1) is 0 Å². The van der Waals surface area contributed by atoms with Gasteiger partial charge in [0.15, 0.2) is 0 Å². The van der Waals surface area contributed by atoms with E-state index < -0.39 is 12.1 Å². The van der Waals surface area contributed by atoms with Crippen molar-refractivity contribution in [2.75, 3.05) is 6.54 Å². The van der Waals surface area contributed by atoms with Crippen LogP contribution in [0.1, 0.15) is 28.0 Å². The van der Waals surface area contributed by atoms with Crippen molar-refractivity contribution in [3.05, 3.63) is 46.0 Å². The van der Waals surface area contributed by atoms with Crippen LogP contribution >= 0.6 is 11.3 Å². The van der Waals surface area contributed by atoms with E-state index in [9.17, 15) is 9.90 Å². The maximum absolute atomic E-state index is 10.6. The van der Waals surface area contributed by atoms with Gasteiger partial charge in [0.2, 0.25) is 5.76 Å². The molecule has 1 unspecified atom stereocenters. The van der Waals surface area contributed by atoms with E-state index in [1.165, 1.54) is 17.4 Å². The highest BCUT2D eigenvalue weighted by Gasteiger charge is 2.10. The first-order valence-electron chi connectivity index (χ1n) is 5.39. The molecule has 96 valence electrons. The molecule has 3 N–H and O–H groups in total. The smallest absolute Gasteiger partial charge is 0.371 e. The Morgan fingerprint density at radius 1 is 1.44 bits per heavy atom. The van der Waals surface area contributed by atoms with Crippen molar-refractivity contribution in [1.82, 2.24) is 5.32 Å². The summed E-state index contributed by atoms with van der Waals surface area (Å²) in [5, 5.41) is 25.3. The summed E-state index contributed by atoms with van der Waals surface area (Å²) in [6.45, 7) is 0.772. The van der Waals surface area contributed by atoms with Gasteiger partial charge in [0.05, 0.1) is 12.6 Å². The van der Waals surface area contributed by atoms with Crippen molar-refractivity contribution in [3.8, 4) is 0 Å². The van der Waals surface area contributed by atoms with E-state index in [-0.39, 0.29) is 5.76 Å². The van der Waals surface area contributed by atoms with Gasteiger partial charge in [0, 0.05) is 6.54 Å². The molecule has 2 heterocycles. The minimum absolute atomic E-state index is 0.0785. The standard InChI is InChI=1S/C12H13NO4S/c14-10(8-3-4-18-7-8)6-13-5-9-1-2-11(17-9)12(15)16/h1-4,7,10,13-14H,5-6H2,(H,15,16). The van der Waals surface area contributed by atoms with E-state index in [0.717, 1.165) is 5.56 Å². The number of carbonyl (C=O) groups is 1. The van der Waals surface area contributed by atoms with E-state index in [4.69, 9.17) is 9.52 Å². The molecule has 6 heteroatoms. The average molecular weight is 267 g/mol. The quantitative estimate of drug-likeness (QED) is 0.744. The molecule has 0 aliphatic carbocycles. The van der Waals surface area contributed by atoms with Crippen LogP contribution in [-0.4, -0.2) is 22.7 Å². The normalized spacial score (nSPS) is 12.5. The van der Waals surface area contributed by atoms with E-state index >= 15 is 0 Å². The maximum Gasteiger partial charge on any atom is 0.371 e. The lowest BCUT2D eigenvalue weighted by Gasteiger charge is -2.09. The molecular weight excluding hydrogens is 254 g/mol. The first kappa shape index (κ1) is 12.8. The molecule has 1 atom stereocenters. The van der Waals surface area contributed by atoms with Crippen molar-refractivity contribution in [2.24, 2.45) is 0 Å². The Bertz CT molecular complexity index is 506. The zero-order valence-electron chi connectivity index (χ0n) is 9.50. The van der Waals surface area contributed by atoms with E-state index in [1.54, 1.807) is 6.07 Å². The van der Waals surface area contributed by atoms with Gasteiger partial charge in [-0.15, -0.1) is 0 Å². The number of aromatic carboxylic acids is 1. The number of hydrogen-bond acceptors (Lipinski definition) is 5. The Hall–Kier alpha value is -1.63. The topological polar surface area (TPSA) is 82.7 Å². The Labute approximate surface area is 108 Å². The predicted octanol–water partition coefficient (Wildman–Crippen LogP) is 1.86. The molecule has 2 aromatic heterocycles. The molecule has 2 aromatic rings. The molecule has 0 amide bonds. The summed E-state index contributed by atoms with van der Waals surface area (Å²) in [7, 11) is 0. The summed E-state index contributed by atoms with van der Waals surface area (Å²) in [5.41, 5.74) is 0.873. The van der Waals surface area contributed by atoms with Gasteiger partial charge < -0.3 is 19.9 Å². The molecule has 2 rings (SSSR count). The van der Waals surface area contributed by atoms with E-state index in [1.807, 2.05) is 16.8 Å². The lowest BCUT2D eigenvalue weighted by molar-refractivity contribution is 0.0660.